The summed E-state index contributed by atoms with van der Waals surface area (Å²) < 4.78 is 10.9. The van der Waals surface area contributed by atoms with E-state index in [-0.39, 0.29) is 5.57 Å². The number of carboxylic acid groups (broad SMARTS) is 1. The third kappa shape index (κ3) is 3.54. The van der Waals surface area contributed by atoms with Gasteiger partial charge in [0, 0.05) is 0 Å². The molecule has 0 fully saturated rings. The van der Waals surface area contributed by atoms with Gasteiger partial charge in [0.1, 0.15) is 0 Å². The van der Waals surface area contributed by atoms with Gasteiger partial charge in [0.05, 0.1) is 19.3 Å². The van der Waals surface area contributed by atoms with E-state index in [0.717, 1.165) is 16.3 Å². The fourth-order valence-electron chi connectivity index (χ4n) is 2.93. The molecule has 0 aromatic heterocycles. The van der Waals surface area contributed by atoms with Crippen LogP contribution in [-0.4, -0.2) is 24.8 Å². The molecule has 3 aromatic rings. The van der Waals surface area contributed by atoms with Crippen molar-refractivity contribution in [3.05, 3.63) is 71.8 Å². The molecule has 4 heteroatoms. The molecule has 0 aliphatic rings. The number of fused-ring (bicyclic) bond motifs is 1. The first kappa shape index (κ1) is 17.5. The van der Waals surface area contributed by atoms with E-state index in [1.807, 2.05) is 55.5 Å². The lowest BCUT2D eigenvalue weighted by Gasteiger charge is -2.11. The van der Waals surface area contributed by atoms with Gasteiger partial charge in [-0.3, -0.25) is 0 Å². The van der Waals surface area contributed by atoms with Crippen LogP contribution in [0, 0.1) is 0 Å². The second-order valence-corrected chi connectivity index (χ2v) is 5.73. The van der Waals surface area contributed by atoms with E-state index in [1.54, 1.807) is 25.3 Å². The molecule has 0 radical (unpaired) electrons. The van der Waals surface area contributed by atoms with Crippen LogP contribution >= 0.6 is 0 Å². The fraction of sp³-hybridized carbons (Fsp3) is 0.136. The smallest absolute Gasteiger partial charge is 0.336 e. The molecular weight excluding hydrogens is 328 g/mol. The molecule has 3 rings (SSSR count). The first-order valence-electron chi connectivity index (χ1n) is 8.38. The predicted octanol–water partition coefficient (Wildman–Crippen LogP) is 4.87. The standard InChI is InChI=1S/C22H20O4/c1-3-26-21-14-15(11-12-20(21)25-2)13-19(22(23)24)18-10-6-8-16-7-4-5-9-17(16)18/h4-14H,3H2,1-2H3,(H,23,24)/b19-13-. The zero-order valence-corrected chi connectivity index (χ0v) is 14.7. The highest BCUT2D eigenvalue weighted by Gasteiger charge is 2.14. The van der Waals surface area contributed by atoms with Crippen LogP contribution in [0.2, 0.25) is 0 Å². The van der Waals surface area contributed by atoms with Crippen molar-refractivity contribution in [1.82, 2.24) is 0 Å². The van der Waals surface area contributed by atoms with Crippen LogP contribution in [0.1, 0.15) is 18.1 Å². The molecule has 0 amide bonds. The zero-order chi connectivity index (χ0) is 18.5. The second-order valence-electron chi connectivity index (χ2n) is 5.73. The Morgan fingerprint density at radius 2 is 1.81 bits per heavy atom. The molecule has 0 unspecified atom stereocenters. The van der Waals surface area contributed by atoms with E-state index in [4.69, 9.17) is 9.47 Å². The maximum absolute atomic E-state index is 12.0. The molecule has 0 heterocycles. The summed E-state index contributed by atoms with van der Waals surface area (Å²) in [5, 5.41) is 11.7. The van der Waals surface area contributed by atoms with Gasteiger partial charge in [-0.1, -0.05) is 48.5 Å². The highest BCUT2D eigenvalue weighted by atomic mass is 16.5. The third-order valence-electron chi connectivity index (χ3n) is 4.11. The Balaban J connectivity index is 2.14. The number of hydrogen-bond donors (Lipinski definition) is 1. The van der Waals surface area contributed by atoms with E-state index in [0.29, 0.717) is 23.7 Å². The van der Waals surface area contributed by atoms with Gasteiger partial charge >= 0.3 is 5.97 Å². The van der Waals surface area contributed by atoms with Crippen LogP contribution in [0.4, 0.5) is 0 Å². The van der Waals surface area contributed by atoms with Gasteiger partial charge in [-0.15, -0.1) is 0 Å². The molecule has 132 valence electrons. The van der Waals surface area contributed by atoms with Crippen LogP contribution in [0.5, 0.6) is 11.5 Å². The number of carboxylic acids is 1. The Kier molecular flexibility index (Phi) is 5.23. The summed E-state index contributed by atoms with van der Waals surface area (Å²) >= 11 is 0. The Morgan fingerprint density at radius 1 is 1.04 bits per heavy atom. The molecule has 0 atom stereocenters. The third-order valence-corrected chi connectivity index (χ3v) is 4.11. The van der Waals surface area contributed by atoms with Crippen molar-refractivity contribution in [2.45, 2.75) is 6.92 Å². The molecule has 0 saturated heterocycles. The summed E-state index contributed by atoms with van der Waals surface area (Å²) in [6, 6.07) is 18.8. The van der Waals surface area contributed by atoms with Crippen LogP contribution < -0.4 is 9.47 Å². The van der Waals surface area contributed by atoms with Crippen molar-refractivity contribution >= 4 is 28.4 Å². The average Bonchev–Trinajstić information content (AvgIpc) is 2.66. The molecule has 3 aromatic carbocycles. The molecule has 4 nitrogen and oxygen atoms in total. The minimum absolute atomic E-state index is 0.231. The maximum atomic E-state index is 12.0. The van der Waals surface area contributed by atoms with Crippen LogP contribution in [0.15, 0.2) is 60.7 Å². The van der Waals surface area contributed by atoms with Crippen molar-refractivity contribution in [2.24, 2.45) is 0 Å². The normalized spacial score (nSPS) is 11.4. The van der Waals surface area contributed by atoms with E-state index in [2.05, 4.69) is 0 Å². The Hall–Kier alpha value is -3.27. The van der Waals surface area contributed by atoms with Crippen LogP contribution in [0.3, 0.4) is 0 Å². The van der Waals surface area contributed by atoms with Gasteiger partial charge in [-0.25, -0.2) is 4.79 Å². The van der Waals surface area contributed by atoms with Crippen molar-refractivity contribution in [3.8, 4) is 11.5 Å². The maximum Gasteiger partial charge on any atom is 0.336 e. The summed E-state index contributed by atoms with van der Waals surface area (Å²) in [4.78, 5) is 12.0. The lowest BCUT2D eigenvalue weighted by molar-refractivity contribution is -0.130. The average molecular weight is 348 g/mol. The molecule has 0 saturated carbocycles. The summed E-state index contributed by atoms with van der Waals surface area (Å²) in [6.07, 6.45) is 1.66. The lowest BCUT2D eigenvalue weighted by atomic mass is 9.96. The number of aliphatic carboxylic acids is 1. The van der Waals surface area contributed by atoms with Gasteiger partial charge in [-0.2, -0.15) is 0 Å². The van der Waals surface area contributed by atoms with E-state index in [9.17, 15) is 9.90 Å². The van der Waals surface area contributed by atoms with E-state index < -0.39 is 5.97 Å². The molecule has 0 aliphatic carbocycles. The topological polar surface area (TPSA) is 55.8 Å². The van der Waals surface area contributed by atoms with Crippen LogP contribution in [-0.2, 0) is 4.79 Å². The van der Waals surface area contributed by atoms with Gasteiger partial charge < -0.3 is 14.6 Å². The number of benzene rings is 3. The molecule has 0 bridgehead atoms. The predicted molar refractivity (Wildman–Crippen MR) is 104 cm³/mol. The number of hydrogen-bond acceptors (Lipinski definition) is 3. The van der Waals surface area contributed by atoms with Crippen molar-refractivity contribution in [1.29, 1.82) is 0 Å². The summed E-state index contributed by atoms with van der Waals surface area (Å²) in [7, 11) is 1.58. The highest BCUT2D eigenvalue weighted by molar-refractivity contribution is 6.23. The van der Waals surface area contributed by atoms with E-state index >= 15 is 0 Å². The van der Waals surface area contributed by atoms with Crippen LogP contribution in [0.25, 0.3) is 22.4 Å². The molecule has 1 N–H and O–H groups in total. The lowest BCUT2D eigenvalue weighted by Crippen LogP contribution is -2.01. The second kappa shape index (κ2) is 7.74. The monoisotopic (exact) mass is 348 g/mol. The fourth-order valence-corrected chi connectivity index (χ4v) is 2.93. The minimum Gasteiger partial charge on any atom is -0.493 e. The van der Waals surface area contributed by atoms with Crippen molar-refractivity contribution < 1.29 is 19.4 Å². The first-order valence-corrected chi connectivity index (χ1v) is 8.38. The summed E-state index contributed by atoms with van der Waals surface area (Å²) in [5.41, 5.74) is 1.65. The van der Waals surface area contributed by atoms with Crippen molar-refractivity contribution in [3.63, 3.8) is 0 Å². The SMILES string of the molecule is CCOc1cc(/C=C(\C(=O)O)c2cccc3ccccc23)ccc1OC. The quantitative estimate of drug-likeness (QED) is 0.510. The van der Waals surface area contributed by atoms with Gasteiger partial charge in [0.2, 0.25) is 0 Å². The Morgan fingerprint density at radius 3 is 2.54 bits per heavy atom. The van der Waals surface area contributed by atoms with Gasteiger partial charge in [-0.05, 0) is 47.0 Å². The Bertz CT molecular complexity index is 968. The van der Waals surface area contributed by atoms with Gasteiger partial charge in [0.15, 0.2) is 11.5 Å². The molecule has 26 heavy (non-hydrogen) atoms. The highest BCUT2D eigenvalue weighted by Crippen LogP contribution is 2.31. The number of carbonyl (C=O) groups is 1. The number of methoxy groups -OCH3 is 1. The molecular formula is C22H20O4. The summed E-state index contributed by atoms with van der Waals surface area (Å²) in [6.45, 7) is 2.39. The zero-order valence-electron chi connectivity index (χ0n) is 14.7. The minimum atomic E-state index is -0.977. The van der Waals surface area contributed by atoms with Gasteiger partial charge in [0.25, 0.3) is 0 Å². The number of rotatable bonds is 6. The Labute approximate surface area is 152 Å². The first-order chi connectivity index (χ1) is 12.6. The largest absolute Gasteiger partial charge is 0.493 e. The summed E-state index contributed by atoms with van der Waals surface area (Å²) in [5.74, 6) is 0.229. The number of ether oxygens (including phenoxy) is 2. The molecule has 0 spiro atoms. The van der Waals surface area contributed by atoms with Crippen molar-refractivity contribution in [2.75, 3.05) is 13.7 Å². The molecule has 0 aliphatic heterocycles. The van der Waals surface area contributed by atoms with E-state index in [1.165, 1.54) is 0 Å².